The predicted molar refractivity (Wildman–Crippen MR) is 117 cm³/mol. The van der Waals surface area contributed by atoms with Crippen LogP contribution in [0.5, 0.6) is 11.5 Å². The highest BCUT2D eigenvalue weighted by atomic mass is 16.5. The van der Waals surface area contributed by atoms with Gasteiger partial charge in [0.1, 0.15) is 11.5 Å². The predicted octanol–water partition coefficient (Wildman–Crippen LogP) is 5.71. The monoisotopic (exact) mass is 400 g/mol. The third-order valence-electron chi connectivity index (χ3n) is 5.11. The van der Waals surface area contributed by atoms with Crippen LogP contribution in [-0.2, 0) is 16.8 Å². The molecular formula is C25H24N2O3. The molecule has 5 heteroatoms. The van der Waals surface area contributed by atoms with Crippen LogP contribution in [0.1, 0.15) is 37.0 Å². The first-order valence-electron chi connectivity index (χ1n) is 9.90. The molecule has 0 saturated carbocycles. The Morgan fingerprint density at radius 3 is 2.30 bits per heavy atom. The number of carboxylic acids is 1. The molecule has 2 N–H and O–H groups in total. The summed E-state index contributed by atoms with van der Waals surface area (Å²) in [4.78, 5) is 12.5. The SMILES string of the molecule is CCc1cc(Oc2ccccc2)cc(C(CC)(Nc2ccc(C#N)cc2)C(=O)O)c1. The molecule has 0 bridgehead atoms. The van der Waals surface area contributed by atoms with E-state index in [9.17, 15) is 9.90 Å². The Labute approximate surface area is 176 Å². The summed E-state index contributed by atoms with van der Waals surface area (Å²) in [6.07, 6.45) is 1.07. The van der Waals surface area contributed by atoms with Crippen LogP contribution in [0.15, 0.2) is 72.8 Å². The van der Waals surface area contributed by atoms with Gasteiger partial charge in [0.05, 0.1) is 11.6 Å². The van der Waals surface area contributed by atoms with Crippen LogP contribution in [0.25, 0.3) is 0 Å². The summed E-state index contributed by atoms with van der Waals surface area (Å²) in [5, 5.41) is 22.4. The third kappa shape index (κ3) is 4.44. The minimum atomic E-state index is -1.34. The van der Waals surface area contributed by atoms with Crippen molar-refractivity contribution in [2.45, 2.75) is 32.2 Å². The number of para-hydroxylation sites is 1. The molecule has 0 aliphatic heterocycles. The summed E-state index contributed by atoms with van der Waals surface area (Å²) in [7, 11) is 0. The van der Waals surface area contributed by atoms with Crippen LogP contribution in [-0.4, -0.2) is 11.1 Å². The number of aliphatic carboxylic acids is 1. The van der Waals surface area contributed by atoms with Gasteiger partial charge in [-0.2, -0.15) is 5.26 Å². The van der Waals surface area contributed by atoms with Crippen molar-refractivity contribution in [3.8, 4) is 17.6 Å². The average Bonchev–Trinajstić information content (AvgIpc) is 2.78. The fraction of sp³-hybridized carbons (Fsp3) is 0.200. The zero-order valence-corrected chi connectivity index (χ0v) is 17.1. The molecule has 3 rings (SSSR count). The summed E-state index contributed by atoms with van der Waals surface area (Å²) in [6.45, 7) is 3.86. The van der Waals surface area contributed by atoms with E-state index < -0.39 is 11.5 Å². The van der Waals surface area contributed by atoms with Crippen LogP contribution < -0.4 is 10.1 Å². The lowest BCUT2D eigenvalue weighted by atomic mass is 9.85. The first-order valence-corrected chi connectivity index (χ1v) is 9.90. The minimum absolute atomic E-state index is 0.320. The Balaban J connectivity index is 2.05. The van der Waals surface area contributed by atoms with Crippen LogP contribution in [0, 0.1) is 11.3 Å². The van der Waals surface area contributed by atoms with Crippen LogP contribution >= 0.6 is 0 Å². The molecule has 152 valence electrons. The lowest BCUT2D eigenvalue weighted by Crippen LogP contribution is -2.43. The molecule has 1 atom stereocenters. The van der Waals surface area contributed by atoms with Gasteiger partial charge in [0.15, 0.2) is 5.54 Å². The lowest BCUT2D eigenvalue weighted by Gasteiger charge is -2.32. The van der Waals surface area contributed by atoms with E-state index in [1.165, 1.54) is 0 Å². The van der Waals surface area contributed by atoms with E-state index in [-0.39, 0.29) is 0 Å². The fourth-order valence-corrected chi connectivity index (χ4v) is 3.36. The normalized spacial score (nSPS) is 12.4. The molecule has 0 saturated heterocycles. The van der Waals surface area contributed by atoms with Gasteiger partial charge in [-0.25, -0.2) is 4.79 Å². The van der Waals surface area contributed by atoms with Crippen molar-refractivity contribution >= 4 is 11.7 Å². The van der Waals surface area contributed by atoms with Crippen molar-refractivity contribution in [3.05, 3.63) is 89.5 Å². The maximum atomic E-state index is 12.5. The van der Waals surface area contributed by atoms with Crippen molar-refractivity contribution in [3.63, 3.8) is 0 Å². The second-order valence-electron chi connectivity index (χ2n) is 7.01. The van der Waals surface area contributed by atoms with E-state index in [0.29, 0.717) is 34.7 Å². The van der Waals surface area contributed by atoms with Gasteiger partial charge in [-0.3, -0.25) is 0 Å². The maximum absolute atomic E-state index is 12.5. The Morgan fingerprint density at radius 1 is 1.03 bits per heavy atom. The van der Waals surface area contributed by atoms with Gasteiger partial charge in [-0.1, -0.05) is 38.1 Å². The smallest absolute Gasteiger partial charge is 0.334 e. The van der Waals surface area contributed by atoms with Gasteiger partial charge in [0.2, 0.25) is 0 Å². The van der Waals surface area contributed by atoms with E-state index in [2.05, 4.69) is 11.4 Å². The standard InChI is InChI=1S/C25H24N2O3/c1-3-18-14-20(16-23(15-18)30-22-8-6-5-7-9-22)25(4-2,24(28)29)27-21-12-10-19(17-26)11-13-21/h5-16,27H,3-4H2,1-2H3,(H,28,29). The van der Waals surface area contributed by atoms with Crippen LogP contribution in [0.3, 0.4) is 0 Å². The van der Waals surface area contributed by atoms with Crippen molar-refractivity contribution in [2.24, 2.45) is 0 Å². The number of hydrogen-bond donors (Lipinski definition) is 2. The van der Waals surface area contributed by atoms with Gasteiger partial charge in [-0.05, 0) is 72.5 Å². The van der Waals surface area contributed by atoms with E-state index in [0.717, 1.165) is 12.0 Å². The molecule has 5 nitrogen and oxygen atoms in total. The number of nitrogens with one attached hydrogen (secondary N) is 1. The molecule has 30 heavy (non-hydrogen) atoms. The largest absolute Gasteiger partial charge is 0.479 e. The minimum Gasteiger partial charge on any atom is -0.479 e. The van der Waals surface area contributed by atoms with E-state index in [4.69, 9.17) is 10.00 Å². The number of rotatable bonds is 8. The highest BCUT2D eigenvalue weighted by Gasteiger charge is 2.39. The number of carbonyl (C=O) groups is 1. The molecule has 0 fully saturated rings. The molecule has 3 aromatic rings. The van der Waals surface area contributed by atoms with E-state index in [1.807, 2.05) is 56.3 Å². The molecule has 3 aromatic carbocycles. The first kappa shape index (κ1) is 20.9. The number of benzene rings is 3. The highest BCUT2D eigenvalue weighted by Crippen LogP contribution is 2.35. The number of ether oxygens (including phenoxy) is 1. The highest BCUT2D eigenvalue weighted by molar-refractivity contribution is 5.85. The van der Waals surface area contributed by atoms with Gasteiger partial charge in [0, 0.05) is 5.69 Å². The van der Waals surface area contributed by atoms with Crippen molar-refractivity contribution < 1.29 is 14.6 Å². The van der Waals surface area contributed by atoms with Crippen LogP contribution in [0.2, 0.25) is 0 Å². The zero-order chi connectivity index (χ0) is 21.6. The maximum Gasteiger partial charge on any atom is 0.334 e. The fourth-order valence-electron chi connectivity index (χ4n) is 3.36. The lowest BCUT2D eigenvalue weighted by molar-refractivity contribution is -0.142. The molecule has 0 amide bonds. The Morgan fingerprint density at radius 2 is 1.73 bits per heavy atom. The number of carboxylic acid groups (broad SMARTS) is 1. The molecule has 0 heterocycles. The molecule has 0 spiro atoms. The Kier molecular flexibility index (Phi) is 6.38. The molecule has 0 aromatic heterocycles. The summed E-state index contributed by atoms with van der Waals surface area (Å²) in [5.41, 5.74) is 1.41. The van der Waals surface area contributed by atoms with E-state index >= 15 is 0 Å². The number of hydrogen-bond acceptors (Lipinski definition) is 4. The summed E-state index contributed by atoms with van der Waals surface area (Å²) >= 11 is 0. The Hall–Kier alpha value is -3.78. The van der Waals surface area contributed by atoms with Crippen molar-refractivity contribution in [1.82, 2.24) is 0 Å². The second-order valence-corrected chi connectivity index (χ2v) is 7.01. The number of aryl methyl sites for hydroxylation is 1. The summed E-state index contributed by atoms with van der Waals surface area (Å²) < 4.78 is 6.00. The number of nitriles is 1. The van der Waals surface area contributed by atoms with Crippen molar-refractivity contribution in [1.29, 1.82) is 5.26 Å². The summed E-state index contributed by atoms with van der Waals surface area (Å²) in [6, 6.07) is 23.9. The molecule has 0 aliphatic rings. The van der Waals surface area contributed by atoms with Gasteiger partial charge < -0.3 is 15.2 Å². The molecule has 1 unspecified atom stereocenters. The molecule has 0 radical (unpaired) electrons. The number of nitrogens with zero attached hydrogens (tertiary/aromatic N) is 1. The zero-order valence-electron chi connectivity index (χ0n) is 17.1. The molecule has 0 aliphatic carbocycles. The topological polar surface area (TPSA) is 82.3 Å². The third-order valence-corrected chi connectivity index (χ3v) is 5.11. The van der Waals surface area contributed by atoms with Gasteiger partial charge >= 0.3 is 5.97 Å². The second kappa shape index (κ2) is 9.15. The Bertz CT molecular complexity index is 1060. The van der Waals surface area contributed by atoms with E-state index in [1.54, 1.807) is 30.3 Å². The van der Waals surface area contributed by atoms with Crippen LogP contribution in [0.4, 0.5) is 5.69 Å². The quantitative estimate of drug-likeness (QED) is 0.506. The van der Waals surface area contributed by atoms with Gasteiger partial charge in [0.25, 0.3) is 0 Å². The first-order chi connectivity index (χ1) is 14.5. The average molecular weight is 400 g/mol. The molecular weight excluding hydrogens is 376 g/mol. The number of anilines is 1. The summed E-state index contributed by atoms with van der Waals surface area (Å²) in [5.74, 6) is 0.304. The van der Waals surface area contributed by atoms with Gasteiger partial charge in [-0.15, -0.1) is 0 Å². The van der Waals surface area contributed by atoms with Crippen molar-refractivity contribution in [2.75, 3.05) is 5.32 Å².